The maximum Gasteiger partial charge on any atom is 0 e. The molecule has 6 heteroatoms. The molecule has 10 heavy (non-hydrogen) atoms. The van der Waals surface area contributed by atoms with Crippen molar-refractivity contribution in [3.05, 3.63) is 26.3 Å². The van der Waals surface area contributed by atoms with Gasteiger partial charge in [-0.15, -0.1) is 0 Å². The van der Waals surface area contributed by atoms with E-state index in [1.165, 1.54) is 0 Å². The Bertz CT molecular complexity index is 60.2. The van der Waals surface area contributed by atoms with Gasteiger partial charge in [0.2, 0.25) is 0 Å². The molecule has 0 radical (unpaired) electrons. The van der Waals surface area contributed by atoms with Crippen LogP contribution < -0.4 is 0 Å². The van der Waals surface area contributed by atoms with E-state index in [1.54, 1.807) is 0 Å². The summed E-state index contributed by atoms with van der Waals surface area (Å²) >= 11 is 0. The summed E-state index contributed by atoms with van der Waals surface area (Å²) in [5.41, 5.74) is 0. The average Bonchev–Trinajstić information content (AvgIpc) is 2.03. The summed E-state index contributed by atoms with van der Waals surface area (Å²) in [6.45, 7) is 19.0. The zero-order valence-corrected chi connectivity index (χ0v) is 8.25. The fourth-order valence-electron chi connectivity index (χ4n) is 0. The summed E-state index contributed by atoms with van der Waals surface area (Å²) in [7, 11) is 0. The molecule has 0 aliphatic rings. The molecular formula is C4N4PdPt-4. The molecule has 0 amide bonds. The normalized spacial score (nSPS) is 0.800. The molecule has 0 fully saturated rings. The largest absolute Gasteiger partial charge is 0.512 e. The summed E-state index contributed by atoms with van der Waals surface area (Å²) in [6, 6.07) is 0. The Labute approximate surface area is 88.6 Å². The molecule has 0 rings (SSSR count). The molecule has 0 heterocycles. The number of hydrogen-bond donors (Lipinski definition) is 0. The van der Waals surface area contributed by atoms with Gasteiger partial charge in [-0.05, 0) is 0 Å². The van der Waals surface area contributed by atoms with E-state index < -0.39 is 0 Å². The Kier molecular flexibility index (Phi) is 5480. The molecule has 4 nitrogen and oxygen atoms in total. The van der Waals surface area contributed by atoms with Gasteiger partial charge in [0.1, 0.15) is 0 Å². The van der Waals surface area contributed by atoms with Crippen LogP contribution in [0.25, 0.3) is 0 Å². The molecule has 0 N–H and O–H groups in total. The first-order chi connectivity index (χ1) is 4.00. The van der Waals surface area contributed by atoms with Gasteiger partial charge < -0.3 is 47.3 Å². The van der Waals surface area contributed by atoms with Crippen molar-refractivity contribution < 1.29 is 41.5 Å². The van der Waals surface area contributed by atoms with E-state index >= 15 is 0 Å². The quantitative estimate of drug-likeness (QED) is 0.430. The second-order valence-corrected chi connectivity index (χ2v) is 0. The first kappa shape index (κ1) is 58.7. The summed E-state index contributed by atoms with van der Waals surface area (Å²) in [4.78, 5) is 0. The van der Waals surface area contributed by atoms with Crippen molar-refractivity contribution in [2.75, 3.05) is 0 Å². The van der Waals surface area contributed by atoms with Gasteiger partial charge in [-0.3, -0.25) is 0 Å². The third kappa shape index (κ3) is 613. The monoisotopic (exact) mass is 405 g/mol. The van der Waals surface area contributed by atoms with Gasteiger partial charge in [0, 0.05) is 41.5 Å². The van der Waals surface area contributed by atoms with Crippen LogP contribution in [-0.2, 0) is 41.5 Å². The van der Waals surface area contributed by atoms with Crippen LogP contribution in [0.1, 0.15) is 0 Å². The van der Waals surface area contributed by atoms with Crippen LogP contribution >= 0.6 is 0 Å². The molecule has 0 spiro atoms. The molecule has 0 unspecified atom stereocenters. The minimum absolute atomic E-state index is 0. The third-order valence-corrected chi connectivity index (χ3v) is 0. The van der Waals surface area contributed by atoms with Crippen LogP contribution in [0.15, 0.2) is 0 Å². The first-order valence-corrected chi connectivity index (χ1v) is 0.894. The predicted octanol–water partition coefficient (Wildman–Crippen LogP) is 0.380. The zero-order valence-electron chi connectivity index (χ0n) is 4.42. The van der Waals surface area contributed by atoms with Gasteiger partial charge in [0.15, 0.2) is 0 Å². The van der Waals surface area contributed by atoms with Gasteiger partial charge >= 0.3 is 0 Å². The van der Waals surface area contributed by atoms with E-state index in [0.717, 1.165) is 0 Å². The SMILES string of the molecule is [C-]#N.[C-]#N.[C-]#N.[C-]#N.[Pd].[Pt]. The Morgan fingerprint density at radius 1 is 0.500 bits per heavy atom. The molecule has 0 aromatic rings. The molecule has 60 valence electrons. The second kappa shape index (κ2) is 935. The van der Waals surface area contributed by atoms with E-state index in [4.69, 9.17) is 47.3 Å². The van der Waals surface area contributed by atoms with Crippen LogP contribution in [0.4, 0.5) is 0 Å². The molecular weight excluding hydrogens is 406 g/mol. The Hall–Kier alpha value is -0.689. The number of hydrogen-bond acceptors (Lipinski definition) is 4. The van der Waals surface area contributed by atoms with Gasteiger partial charge in [-0.25, -0.2) is 0 Å². The zero-order chi connectivity index (χ0) is 8.00. The van der Waals surface area contributed by atoms with Crippen molar-refractivity contribution in [3.63, 3.8) is 0 Å². The molecule has 0 aromatic heterocycles. The van der Waals surface area contributed by atoms with E-state index in [-0.39, 0.29) is 41.5 Å². The molecule has 0 atom stereocenters. The van der Waals surface area contributed by atoms with Crippen LogP contribution in [0.5, 0.6) is 0 Å². The van der Waals surface area contributed by atoms with Crippen molar-refractivity contribution in [2.24, 2.45) is 0 Å². The van der Waals surface area contributed by atoms with Gasteiger partial charge in [0.05, 0.1) is 0 Å². The minimum Gasteiger partial charge on any atom is -0.512 e. The summed E-state index contributed by atoms with van der Waals surface area (Å²) in [5.74, 6) is 0. The van der Waals surface area contributed by atoms with Gasteiger partial charge in [-0.1, -0.05) is 0 Å². The maximum atomic E-state index is 6.25. The van der Waals surface area contributed by atoms with Crippen molar-refractivity contribution >= 4 is 0 Å². The molecule has 0 bridgehead atoms. The summed E-state index contributed by atoms with van der Waals surface area (Å²) < 4.78 is 0. The van der Waals surface area contributed by atoms with Gasteiger partial charge in [0.25, 0.3) is 0 Å². The molecule has 0 aliphatic carbocycles. The number of nitrogens with zero attached hydrogens (tertiary/aromatic N) is 4. The third-order valence-electron chi connectivity index (χ3n) is 0. The summed E-state index contributed by atoms with van der Waals surface area (Å²) in [5, 5.41) is 25.0. The van der Waals surface area contributed by atoms with Crippen molar-refractivity contribution in [1.29, 1.82) is 21.0 Å². The maximum absolute atomic E-state index is 6.25. The van der Waals surface area contributed by atoms with Crippen molar-refractivity contribution in [2.45, 2.75) is 0 Å². The molecule has 0 saturated heterocycles. The summed E-state index contributed by atoms with van der Waals surface area (Å²) in [6.07, 6.45) is 0. The minimum atomic E-state index is 0. The van der Waals surface area contributed by atoms with E-state index in [9.17, 15) is 0 Å². The number of rotatable bonds is 0. The standard InChI is InChI=1S/4CN.Pd.Pt/c4*1-2;;/q4*-1;;. The van der Waals surface area contributed by atoms with Crippen molar-refractivity contribution in [1.82, 2.24) is 0 Å². The second-order valence-electron chi connectivity index (χ2n) is 0. The Morgan fingerprint density at radius 2 is 0.500 bits per heavy atom. The van der Waals surface area contributed by atoms with E-state index in [2.05, 4.69) is 0 Å². The topological polar surface area (TPSA) is 95.2 Å². The van der Waals surface area contributed by atoms with Crippen LogP contribution in [0, 0.1) is 47.3 Å². The van der Waals surface area contributed by atoms with Crippen LogP contribution in [0.2, 0.25) is 0 Å². The first-order valence-electron chi connectivity index (χ1n) is 0.894. The Morgan fingerprint density at radius 3 is 0.500 bits per heavy atom. The van der Waals surface area contributed by atoms with Crippen molar-refractivity contribution in [3.8, 4) is 0 Å². The van der Waals surface area contributed by atoms with Crippen LogP contribution in [-0.4, -0.2) is 0 Å². The fourth-order valence-corrected chi connectivity index (χ4v) is 0. The van der Waals surface area contributed by atoms with Gasteiger partial charge in [-0.2, -0.15) is 0 Å². The smallest absolute Gasteiger partial charge is 0 e. The van der Waals surface area contributed by atoms with Crippen LogP contribution in [0.3, 0.4) is 0 Å². The van der Waals surface area contributed by atoms with E-state index in [0.29, 0.717) is 0 Å². The molecule has 0 aliphatic heterocycles. The average molecular weight is 406 g/mol. The fraction of sp³-hybridized carbons (Fsp3) is 0. The molecule has 0 aromatic carbocycles. The Balaban J connectivity index is -0.00000000500. The predicted molar refractivity (Wildman–Crippen MR) is 19.9 cm³/mol. The van der Waals surface area contributed by atoms with E-state index in [1.807, 2.05) is 0 Å². The molecule has 0 saturated carbocycles.